The lowest BCUT2D eigenvalue weighted by atomic mass is 10.3. The number of nitrogens with one attached hydrogen (secondary N) is 1. The lowest BCUT2D eigenvalue weighted by molar-refractivity contribution is -0.148. The third-order valence-electron chi connectivity index (χ3n) is 4.31. The van der Waals surface area contributed by atoms with E-state index >= 15 is 0 Å². The monoisotopic (exact) mass is 402 g/mol. The molecular formula is C17H23ClN2O5S. The second-order valence-electron chi connectivity index (χ2n) is 6.21. The van der Waals surface area contributed by atoms with Crippen molar-refractivity contribution in [3.05, 3.63) is 23.2 Å². The van der Waals surface area contributed by atoms with Gasteiger partial charge in [-0.15, -0.1) is 0 Å². The van der Waals surface area contributed by atoms with Crippen LogP contribution in [0.25, 0.3) is 0 Å². The van der Waals surface area contributed by atoms with Crippen LogP contribution in [0.15, 0.2) is 23.1 Å². The quantitative estimate of drug-likeness (QED) is 0.674. The first kappa shape index (κ1) is 20.7. The summed E-state index contributed by atoms with van der Waals surface area (Å²) in [6.45, 7) is 5.65. The number of benzene rings is 1. The fraction of sp³-hybridized carbons (Fsp3) is 0.529. The highest BCUT2D eigenvalue weighted by molar-refractivity contribution is 7.89. The van der Waals surface area contributed by atoms with Crippen LogP contribution < -0.4 is 5.32 Å². The number of anilines is 1. The summed E-state index contributed by atoms with van der Waals surface area (Å²) in [4.78, 5) is 23.7. The molecule has 26 heavy (non-hydrogen) atoms. The summed E-state index contributed by atoms with van der Waals surface area (Å²) in [5.74, 6) is -0.807. The number of carbonyl (C=O) groups excluding carboxylic acids is 2. The maximum absolute atomic E-state index is 12.6. The van der Waals surface area contributed by atoms with E-state index in [1.807, 2.05) is 6.92 Å². The summed E-state index contributed by atoms with van der Waals surface area (Å²) in [5, 5.41) is 2.69. The highest BCUT2D eigenvalue weighted by Crippen LogP contribution is 2.38. The smallest absolute Gasteiger partial charge is 0.309 e. The number of carbonyl (C=O) groups is 2. The van der Waals surface area contributed by atoms with Crippen LogP contribution >= 0.6 is 11.6 Å². The van der Waals surface area contributed by atoms with E-state index in [0.717, 1.165) is 6.42 Å². The molecule has 1 aromatic carbocycles. The lowest BCUT2D eigenvalue weighted by Crippen LogP contribution is -2.30. The second kappa shape index (κ2) is 8.37. The first-order valence-corrected chi connectivity index (χ1v) is 10.3. The Morgan fingerprint density at radius 2 is 1.92 bits per heavy atom. The third-order valence-corrected chi connectivity index (χ3v) is 6.69. The van der Waals surface area contributed by atoms with Crippen molar-refractivity contribution >= 4 is 39.2 Å². The van der Waals surface area contributed by atoms with E-state index in [0.29, 0.717) is 19.0 Å². The molecule has 144 valence electrons. The van der Waals surface area contributed by atoms with Crippen molar-refractivity contribution in [3.8, 4) is 0 Å². The Balaban J connectivity index is 2.07. The molecule has 1 N–H and O–H groups in total. The normalized spacial score (nSPS) is 19.3. The number of hydrogen-bond acceptors (Lipinski definition) is 5. The van der Waals surface area contributed by atoms with E-state index in [1.165, 1.54) is 22.5 Å². The van der Waals surface area contributed by atoms with Gasteiger partial charge in [0.25, 0.3) is 5.91 Å². The molecule has 0 aromatic heterocycles. The molecule has 0 spiro atoms. The van der Waals surface area contributed by atoms with Gasteiger partial charge < -0.3 is 10.1 Å². The minimum absolute atomic E-state index is 0.0321. The van der Waals surface area contributed by atoms with Crippen LogP contribution in [0.3, 0.4) is 0 Å². The van der Waals surface area contributed by atoms with Crippen LogP contribution in [0.5, 0.6) is 0 Å². The first-order valence-electron chi connectivity index (χ1n) is 8.46. The van der Waals surface area contributed by atoms with E-state index in [2.05, 4.69) is 5.32 Å². The van der Waals surface area contributed by atoms with Crippen molar-refractivity contribution in [2.45, 2.75) is 32.1 Å². The Hall–Kier alpha value is -1.64. The fourth-order valence-corrected chi connectivity index (χ4v) is 4.20. The van der Waals surface area contributed by atoms with Gasteiger partial charge in [-0.3, -0.25) is 9.59 Å². The molecular weight excluding hydrogens is 380 g/mol. The van der Waals surface area contributed by atoms with Gasteiger partial charge in [-0.25, -0.2) is 8.42 Å². The standard InChI is InChI=1S/C17H23ClN2O5S/c1-4-20(5-2)26(23,24)12-6-7-14(18)15(9-12)19-16(21)10-25-17(22)13-8-11(13)3/h6-7,9,11,13H,4-5,8,10H2,1-3H3,(H,19,21)/t11-,13-/m0/s1. The molecule has 1 amide bonds. The maximum atomic E-state index is 12.6. The van der Waals surface area contributed by atoms with Crippen LogP contribution in [-0.4, -0.2) is 44.3 Å². The van der Waals surface area contributed by atoms with E-state index in [1.54, 1.807) is 13.8 Å². The molecule has 0 saturated heterocycles. The number of ether oxygens (including phenoxy) is 1. The molecule has 1 aliphatic rings. The van der Waals surface area contributed by atoms with Crippen LogP contribution in [0.4, 0.5) is 5.69 Å². The van der Waals surface area contributed by atoms with Gasteiger partial charge in [0, 0.05) is 13.1 Å². The summed E-state index contributed by atoms with van der Waals surface area (Å²) in [6.07, 6.45) is 0.775. The molecule has 9 heteroatoms. The summed E-state index contributed by atoms with van der Waals surface area (Å²) in [5.41, 5.74) is 0.153. The van der Waals surface area contributed by atoms with Crippen LogP contribution in [0, 0.1) is 11.8 Å². The minimum atomic E-state index is -3.67. The topological polar surface area (TPSA) is 92.8 Å². The van der Waals surface area contributed by atoms with Gasteiger partial charge in [0.1, 0.15) is 0 Å². The molecule has 0 aliphatic heterocycles. The Kier molecular flexibility index (Phi) is 6.65. The molecule has 0 unspecified atom stereocenters. The van der Waals surface area contributed by atoms with Gasteiger partial charge >= 0.3 is 5.97 Å². The predicted molar refractivity (Wildman–Crippen MR) is 98.4 cm³/mol. The first-order chi connectivity index (χ1) is 12.2. The summed E-state index contributed by atoms with van der Waals surface area (Å²) in [6, 6.07) is 4.10. The molecule has 2 rings (SSSR count). The molecule has 0 bridgehead atoms. The van der Waals surface area contributed by atoms with E-state index in [4.69, 9.17) is 16.3 Å². The number of hydrogen-bond donors (Lipinski definition) is 1. The second-order valence-corrected chi connectivity index (χ2v) is 8.55. The average Bonchev–Trinajstić information content (AvgIpc) is 3.32. The Morgan fingerprint density at radius 1 is 1.31 bits per heavy atom. The van der Waals surface area contributed by atoms with E-state index in [9.17, 15) is 18.0 Å². The van der Waals surface area contributed by atoms with Crippen molar-refractivity contribution < 1.29 is 22.7 Å². The fourth-order valence-electron chi connectivity index (χ4n) is 2.55. The van der Waals surface area contributed by atoms with Gasteiger partial charge in [0.05, 0.1) is 21.5 Å². The number of sulfonamides is 1. The van der Waals surface area contributed by atoms with Crippen LogP contribution in [-0.2, 0) is 24.3 Å². The van der Waals surface area contributed by atoms with Crippen LogP contribution in [0.1, 0.15) is 27.2 Å². The Bertz CT molecular complexity index is 792. The average molecular weight is 403 g/mol. The number of esters is 1. The molecule has 1 fully saturated rings. The van der Waals surface area contributed by atoms with Gasteiger partial charge in [-0.1, -0.05) is 32.4 Å². The number of amides is 1. The molecule has 0 heterocycles. The highest BCUT2D eigenvalue weighted by atomic mass is 35.5. The van der Waals surface area contributed by atoms with Crippen molar-refractivity contribution in [1.29, 1.82) is 0 Å². The van der Waals surface area contributed by atoms with Crippen molar-refractivity contribution in [3.63, 3.8) is 0 Å². The summed E-state index contributed by atoms with van der Waals surface area (Å²) >= 11 is 6.05. The SMILES string of the molecule is CCN(CC)S(=O)(=O)c1ccc(Cl)c(NC(=O)COC(=O)[C@H]2C[C@@H]2C)c1. The van der Waals surface area contributed by atoms with Gasteiger partial charge in [-0.2, -0.15) is 4.31 Å². The van der Waals surface area contributed by atoms with Crippen molar-refractivity contribution in [2.24, 2.45) is 11.8 Å². The highest BCUT2D eigenvalue weighted by Gasteiger charge is 2.40. The number of nitrogens with zero attached hydrogens (tertiary/aromatic N) is 1. The summed E-state index contributed by atoms with van der Waals surface area (Å²) < 4.78 is 31.4. The molecule has 1 aliphatic carbocycles. The zero-order valence-corrected chi connectivity index (χ0v) is 16.6. The minimum Gasteiger partial charge on any atom is -0.455 e. The van der Waals surface area contributed by atoms with Crippen molar-refractivity contribution in [1.82, 2.24) is 4.31 Å². The van der Waals surface area contributed by atoms with Gasteiger partial charge in [0.2, 0.25) is 10.0 Å². The molecule has 1 aromatic rings. The van der Waals surface area contributed by atoms with Crippen LogP contribution in [0.2, 0.25) is 5.02 Å². The van der Waals surface area contributed by atoms with Gasteiger partial charge in [0.15, 0.2) is 6.61 Å². The molecule has 7 nitrogen and oxygen atoms in total. The molecule has 0 radical (unpaired) electrons. The number of rotatable bonds is 8. The molecule has 2 atom stereocenters. The zero-order chi connectivity index (χ0) is 19.5. The maximum Gasteiger partial charge on any atom is 0.309 e. The Labute approximate surface area is 158 Å². The third kappa shape index (κ3) is 4.75. The molecule has 1 saturated carbocycles. The predicted octanol–water partition coefficient (Wildman–Crippen LogP) is 2.51. The van der Waals surface area contributed by atoms with Gasteiger partial charge in [-0.05, 0) is 30.5 Å². The van der Waals surface area contributed by atoms with E-state index in [-0.39, 0.29) is 21.5 Å². The largest absolute Gasteiger partial charge is 0.455 e. The lowest BCUT2D eigenvalue weighted by Gasteiger charge is -2.19. The zero-order valence-electron chi connectivity index (χ0n) is 15.0. The van der Waals surface area contributed by atoms with Crippen molar-refractivity contribution in [2.75, 3.05) is 25.0 Å². The Morgan fingerprint density at radius 3 is 2.46 bits per heavy atom. The number of halogens is 1. The van der Waals surface area contributed by atoms with E-state index < -0.39 is 28.5 Å². The summed E-state index contributed by atoms with van der Waals surface area (Å²) in [7, 11) is -3.67.